The van der Waals surface area contributed by atoms with Gasteiger partial charge >= 0.3 is 0 Å². The third kappa shape index (κ3) is 3.05. The number of nitrogens with zero attached hydrogens (tertiary/aromatic N) is 1. The molecule has 0 saturated carbocycles. The van der Waals surface area contributed by atoms with Gasteiger partial charge in [0.15, 0.2) is 6.10 Å². The smallest absolute Gasteiger partial charge is 0.263 e. The monoisotopic (exact) mass is 311 g/mol. The van der Waals surface area contributed by atoms with Gasteiger partial charge < -0.3 is 9.64 Å². The van der Waals surface area contributed by atoms with Crippen LogP contribution in [0.1, 0.15) is 25.3 Å². The average molecular weight is 312 g/mol. The van der Waals surface area contributed by atoms with E-state index < -0.39 is 6.10 Å². The third-order valence-corrected chi connectivity index (χ3v) is 4.10. The molecule has 1 heterocycles. The van der Waals surface area contributed by atoms with Gasteiger partial charge in [0.2, 0.25) is 0 Å². The van der Waals surface area contributed by atoms with E-state index in [1.807, 2.05) is 36.9 Å². The number of ether oxygens (including phenoxy) is 1. The fourth-order valence-electron chi connectivity index (χ4n) is 2.14. The molecule has 1 aliphatic rings. The van der Waals surface area contributed by atoms with Crippen LogP contribution in [0.25, 0.3) is 0 Å². The number of benzene rings is 1. The molecule has 1 saturated heterocycles. The number of likely N-dealkylation sites (tertiary alicyclic amines) is 1. The van der Waals surface area contributed by atoms with E-state index in [1.54, 1.807) is 0 Å². The predicted molar refractivity (Wildman–Crippen MR) is 74.8 cm³/mol. The largest absolute Gasteiger partial charge is 0.481 e. The van der Waals surface area contributed by atoms with Crippen molar-refractivity contribution >= 4 is 21.8 Å². The molecule has 0 aliphatic carbocycles. The highest BCUT2D eigenvalue weighted by Gasteiger charge is 2.24. The van der Waals surface area contributed by atoms with Crippen LogP contribution in [0.2, 0.25) is 0 Å². The van der Waals surface area contributed by atoms with Crippen LogP contribution in [0.3, 0.4) is 0 Å². The predicted octanol–water partition coefficient (Wildman–Crippen LogP) is 3.15. The highest BCUT2D eigenvalue weighted by molar-refractivity contribution is 9.10. The average Bonchev–Trinajstić information content (AvgIpc) is 2.86. The molecule has 1 aromatic carbocycles. The summed E-state index contributed by atoms with van der Waals surface area (Å²) in [7, 11) is 0. The van der Waals surface area contributed by atoms with Crippen LogP contribution in [-0.4, -0.2) is 30.0 Å². The molecular weight excluding hydrogens is 294 g/mol. The topological polar surface area (TPSA) is 29.5 Å². The Kier molecular flexibility index (Phi) is 4.27. The highest BCUT2D eigenvalue weighted by atomic mass is 79.9. The minimum Gasteiger partial charge on any atom is -0.481 e. The zero-order valence-electron chi connectivity index (χ0n) is 10.8. The van der Waals surface area contributed by atoms with E-state index >= 15 is 0 Å². The van der Waals surface area contributed by atoms with Gasteiger partial charge in [-0.2, -0.15) is 0 Å². The molecule has 1 atom stereocenters. The number of halogens is 1. The second-order valence-electron chi connectivity index (χ2n) is 4.70. The van der Waals surface area contributed by atoms with Gasteiger partial charge in [-0.05, 0) is 50.5 Å². The fourth-order valence-corrected chi connectivity index (χ4v) is 2.39. The van der Waals surface area contributed by atoms with Crippen molar-refractivity contribution in [1.29, 1.82) is 0 Å². The molecule has 18 heavy (non-hydrogen) atoms. The summed E-state index contributed by atoms with van der Waals surface area (Å²) < 4.78 is 6.76. The zero-order valence-corrected chi connectivity index (χ0v) is 12.4. The normalized spacial score (nSPS) is 16.7. The second kappa shape index (κ2) is 5.74. The van der Waals surface area contributed by atoms with Crippen molar-refractivity contribution in [3.05, 3.63) is 28.2 Å². The summed E-state index contributed by atoms with van der Waals surface area (Å²) >= 11 is 3.45. The van der Waals surface area contributed by atoms with Crippen LogP contribution in [0, 0.1) is 6.92 Å². The van der Waals surface area contributed by atoms with Gasteiger partial charge in [0.25, 0.3) is 5.91 Å². The Hall–Kier alpha value is -1.03. The van der Waals surface area contributed by atoms with Gasteiger partial charge in [0, 0.05) is 17.6 Å². The zero-order chi connectivity index (χ0) is 13.1. The quantitative estimate of drug-likeness (QED) is 0.858. The number of carbonyl (C=O) groups excluding carboxylic acids is 1. The van der Waals surface area contributed by atoms with Gasteiger partial charge in [0.05, 0.1) is 0 Å². The Bertz CT molecular complexity index is 441. The maximum atomic E-state index is 12.1. The van der Waals surface area contributed by atoms with Crippen molar-refractivity contribution in [2.24, 2.45) is 0 Å². The van der Waals surface area contributed by atoms with E-state index in [0.29, 0.717) is 0 Å². The Morgan fingerprint density at radius 3 is 2.67 bits per heavy atom. The van der Waals surface area contributed by atoms with Crippen LogP contribution < -0.4 is 4.74 Å². The van der Waals surface area contributed by atoms with E-state index in [1.165, 1.54) is 0 Å². The van der Waals surface area contributed by atoms with E-state index in [4.69, 9.17) is 4.74 Å². The summed E-state index contributed by atoms with van der Waals surface area (Å²) in [5.41, 5.74) is 1.10. The van der Waals surface area contributed by atoms with E-state index in [0.717, 1.165) is 41.7 Å². The molecule has 0 bridgehead atoms. The maximum absolute atomic E-state index is 12.1. The molecule has 0 N–H and O–H groups in total. The van der Waals surface area contributed by atoms with Gasteiger partial charge in [-0.15, -0.1) is 0 Å². The first-order valence-corrected chi connectivity index (χ1v) is 7.09. The van der Waals surface area contributed by atoms with Crippen LogP contribution in [0.4, 0.5) is 0 Å². The first kappa shape index (κ1) is 13.4. The molecule has 4 heteroatoms. The molecule has 0 aromatic heterocycles. The van der Waals surface area contributed by atoms with Crippen LogP contribution in [-0.2, 0) is 4.79 Å². The lowest BCUT2D eigenvalue weighted by Gasteiger charge is -2.21. The van der Waals surface area contributed by atoms with Crippen molar-refractivity contribution in [3.63, 3.8) is 0 Å². The van der Waals surface area contributed by atoms with Gasteiger partial charge in [0.1, 0.15) is 5.75 Å². The molecule has 98 valence electrons. The first-order chi connectivity index (χ1) is 8.58. The molecule has 0 spiro atoms. The summed E-state index contributed by atoms with van der Waals surface area (Å²) in [5.74, 6) is 0.837. The molecule has 1 unspecified atom stereocenters. The lowest BCUT2D eigenvalue weighted by molar-refractivity contribution is -0.136. The Morgan fingerprint density at radius 1 is 1.39 bits per heavy atom. The summed E-state index contributed by atoms with van der Waals surface area (Å²) in [4.78, 5) is 14.0. The number of hydrogen-bond acceptors (Lipinski definition) is 2. The number of aryl methyl sites for hydroxylation is 1. The van der Waals surface area contributed by atoms with Crippen molar-refractivity contribution in [2.45, 2.75) is 32.8 Å². The molecule has 2 rings (SSSR count). The third-order valence-electron chi connectivity index (χ3n) is 3.21. The fraction of sp³-hybridized carbons (Fsp3) is 0.500. The number of carbonyl (C=O) groups is 1. The molecule has 1 fully saturated rings. The Morgan fingerprint density at radius 2 is 2.06 bits per heavy atom. The standard InChI is InChI=1S/C14H18BrNO2/c1-10-9-12(5-6-13(10)15)18-11(2)14(17)16-7-3-4-8-16/h5-6,9,11H,3-4,7-8H2,1-2H3. The number of hydrogen-bond donors (Lipinski definition) is 0. The first-order valence-electron chi connectivity index (χ1n) is 6.29. The minimum atomic E-state index is -0.413. The van der Waals surface area contributed by atoms with E-state index in [-0.39, 0.29) is 5.91 Å². The molecule has 1 aromatic rings. The highest BCUT2D eigenvalue weighted by Crippen LogP contribution is 2.23. The number of rotatable bonds is 3. The SMILES string of the molecule is Cc1cc(OC(C)C(=O)N2CCCC2)ccc1Br. The summed E-state index contributed by atoms with van der Waals surface area (Å²) in [6, 6.07) is 5.76. The van der Waals surface area contributed by atoms with Crippen LogP contribution in [0.15, 0.2) is 22.7 Å². The van der Waals surface area contributed by atoms with E-state index in [2.05, 4.69) is 15.9 Å². The van der Waals surface area contributed by atoms with Gasteiger partial charge in [-0.25, -0.2) is 0 Å². The Balaban J connectivity index is 1.99. The van der Waals surface area contributed by atoms with Gasteiger partial charge in [-0.1, -0.05) is 15.9 Å². The Labute approximate surface area is 116 Å². The molecule has 1 aliphatic heterocycles. The maximum Gasteiger partial charge on any atom is 0.263 e. The molecular formula is C14H18BrNO2. The van der Waals surface area contributed by atoms with Crippen LogP contribution >= 0.6 is 15.9 Å². The van der Waals surface area contributed by atoms with Crippen molar-refractivity contribution in [1.82, 2.24) is 4.90 Å². The minimum absolute atomic E-state index is 0.0908. The second-order valence-corrected chi connectivity index (χ2v) is 5.56. The van der Waals surface area contributed by atoms with E-state index in [9.17, 15) is 4.79 Å². The molecule has 0 radical (unpaired) electrons. The lowest BCUT2D eigenvalue weighted by Crippen LogP contribution is -2.38. The van der Waals surface area contributed by atoms with Crippen molar-refractivity contribution in [3.8, 4) is 5.75 Å². The van der Waals surface area contributed by atoms with Gasteiger partial charge in [-0.3, -0.25) is 4.79 Å². The summed E-state index contributed by atoms with van der Waals surface area (Å²) in [5, 5.41) is 0. The van der Waals surface area contributed by atoms with Crippen molar-refractivity contribution in [2.75, 3.05) is 13.1 Å². The van der Waals surface area contributed by atoms with Crippen molar-refractivity contribution < 1.29 is 9.53 Å². The molecule has 1 amide bonds. The summed E-state index contributed by atoms with van der Waals surface area (Å²) in [6.07, 6.45) is 1.80. The number of amides is 1. The summed E-state index contributed by atoms with van der Waals surface area (Å²) in [6.45, 7) is 5.56. The van der Waals surface area contributed by atoms with Crippen LogP contribution in [0.5, 0.6) is 5.75 Å². The molecule has 3 nitrogen and oxygen atoms in total. The lowest BCUT2D eigenvalue weighted by atomic mass is 10.2.